The maximum atomic E-state index is 10.5. The van der Waals surface area contributed by atoms with Crippen molar-refractivity contribution in [1.29, 1.82) is 0 Å². The van der Waals surface area contributed by atoms with E-state index in [9.17, 15) is 4.79 Å². The summed E-state index contributed by atoms with van der Waals surface area (Å²) in [5, 5.41) is 9.44. The third-order valence-corrected chi connectivity index (χ3v) is 5.09. The Balaban J connectivity index is 1.99. The first-order valence-corrected chi connectivity index (χ1v) is 7.27. The van der Waals surface area contributed by atoms with E-state index in [4.69, 9.17) is 5.11 Å². The first-order valence-electron chi connectivity index (χ1n) is 5.06. The Hall–Kier alpha value is -0.620. The number of thioether (sulfide) groups is 2. The highest BCUT2D eigenvalue weighted by Crippen LogP contribution is 2.48. The van der Waals surface area contributed by atoms with E-state index in [2.05, 4.69) is 15.8 Å². The van der Waals surface area contributed by atoms with Crippen LogP contribution in [0, 0.1) is 0 Å². The van der Waals surface area contributed by atoms with Gasteiger partial charge >= 0.3 is 5.97 Å². The average Bonchev–Trinajstić information content (AvgIpc) is 2.88. The second-order valence-electron chi connectivity index (χ2n) is 3.91. The van der Waals surface area contributed by atoms with Crippen LogP contribution in [0.5, 0.6) is 0 Å². The maximum Gasteiger partial charge on any atom is 0.313 e. The summed E-state index contributed by atoms with van der Waals surface area (Å²) in [6.45, 7) is 0.941. The van der Waals surface area contributed by atoms with Gasteiger partial charge < -0.3 is 9.67 Å². The molecule has 1 aliphatic carbocycles. The van der Waals surface area contributed by atoms with Gasteiger partial charge in [-0.25, -0.2) is 4.98 Å². The van der Waals surface area contributed by atoms with Gasteiger partial charge in [0.1, 0.15) is 0 Å². The second kappa shape index (κ2) is 4.71. The zero-order valence-corrected chi connectivity index (χ0v) is 10.7. The number of carboxylic acid groups (broad SMARTS) is 1. The number of hydrogen-bond acceptors (Lipinski definition) is 4. The average molecular weight is 258 g/mol. The summed E-state index contributed by atoms with van der Waals surface area (Å²) in [5.41, 5.74) is 0. The van der Waals surface area contributed by atoms with Crippen LogP contribution >= 0.6 is 23.5 Å². The molecule has 0 spiro atoms. The Labute approximate surface area is 103 Å². The molecule has 4 nitrogen and oxygen atoms in total. The molecule has 1 aromatic rings. The van der Waals surface area contributed by atoms with Gasteiger partial charge in [-0.05, 0) is 19.1 Å². The minimum Gasteiger partial charge on any atom is -0.481 e. The highest BCUT2D eigenvalue weighted by Gasteiger charge is 2.42. The van der Waals surface area contributed by atoms with Crippen LogP contribution in [0.1, 0.15) is 12.8 Å². The molecule has 6 heteroatoms. The molecule has 1 saturated carbocycles. The van der Waals surface area contributed by atoms with Gasteiger partial charge in [-0.1, -0.05) is 11.8 Å². The summed E-state index contributed by atoms with van der Waals surface area (Å²) in [6.07, 6.45) is 8.29. The van der Waals surface area contributed by atoms with Gasteiger partial charge in [0, 0.05) is 23.7 Å². The van der Waals surface area contributed by atoms with Gasteiger partial charge in [0.25, 0.3) is 0 Å². The van der Waals surface area contributed by atoms with E-state index in [0.29, 0.717) is 4.75 Å². The normalized spacial score (nSPS) is 17.3. The van der Waals surface area contributed by atoms with E-state index < -0.39 is 5.97 Å². The van der Waals surface area contributed by atoms with Gasteiger partial charge in [0.2, 0.25) is 0 Å². The van der Waals surface area contributed by atoms with Gasteiger partial charge in [-0.15, -0.1) is 0 Å². The van der Waals surface area contributed by atoms with Crippen molar-refractivity contribution in [2.45, 2.75) is 29.3 Å². The Kier molecular flexibility index (Phi) is 3.49. The molecule has 1 fully saturated rings. The SMILES string of the molecule is CSC1(Cn2ccnc2SCC(=O)O)CC1. The molecular formula is C10H14N2O2S2. The predicted molar refractivity (Wildman–Crippen MR) is 66.1 cm³/mol. The topological polar surface area (TPSA) is 55.1 Å². The number of hydrogen-bond donors (Lipinski definition) is 1. The van der Waals surface area contributed by atoms with E-state index in [1.807, 2.05) is 18.0 Å². The lowest BCUT2D eigenvalue weighted by Crippen LogP contribution is -2.14. The molecule has 16 heavy (non-hydrogen) atoms. The summed E-state index contributed by atoms with van der Waals surface area (Å²) in [6, 6.07) is 0. The van der Waals surface area contributed by atoms with E-state index in [1.54, 1.807) is 6.20 Å². The van der Waals surface area contributed by atoms with Crippen LogP contribution in [0.4, 0.5) is 0 Å². The van der Waals surface area contributed by atoms with Crippen molar-refractivity contribution in [3.8, 4) is 0 Å². The van der Waals surface area contributed by atoms with Crippen molar-refractivity contribution in [3.63, 3.8) is 0 Å². The fourth-order valence-electron chi connectivity index (χ4n) is 1.56. The molecule has 1 heterocycles. The van der Waals surface area contributed by atoms with E-state index in [-0.39, 0.29) is 5.75 Å². The van der Waals surface area contributed by atoms with Crippen molar-refractivity contribution in [1.82, 2.24) is 9.55 Å². The van der Waals surface area contributed by atoms with Crippen LogP contribution in [0.3, 0.4) is 0 Å². The third-order valence-electron chi connectivity index (χ3n) is 2.70. The number of carboxylic acids is 1. The first-order chi connectivity index (χ1) is 7.65. The summed E-state index contributed by atoms with van der Waals surface area (Å²) >= 11 is 3.18. The largest absolute Gasteiger partial charge is 0.481 e. The maximum absolute atomic E-state index is 10.5. The van der Waals surface area contributed by atoms with Crippen LogP contribution < -0.4 is 0 Å². The Morgan fingerprint density at radius 2 is 2.44 bits per heavy atom. The highest BCUT2D eigenvalue weighted by molar-refractivity contribution is 8.00. The van der Waals surface area contributed by atoms with Gasteiger partial charge in [-0.3, -0.25) is 4.79 Å². The molecule has 2 rings (SSSR count). The van der Waals surface area contributed by atoms with Crippen LogP contribution in [-0.2, 0) is 11.3 Å². The number of aromatic nitrogens is 2. The molecule has 0 amide bonds. The van der Waals surface area contributed by atoms with E-state index >= 15 is 0 Å². The minimum absolute atomic E-state index is 0.0727. The Bertz CT molecular complexity index is 388. The summed E-state index contributed by atoms with van der Waals surface area (Å²) in [7, 11) is 0. The lowest BCUT2D eigenvalue weighted by Gasteiger charge is -2.14. The van der Waals surface area contributed by atoms with Crippen LogP contribution in [-0.4, -0.2) is 37.4 Å². The van der Waals surface area contributed by atoms with Gasteiger partial charge in [0.05, 0.1) is 5.75 Å². The zero-order valence-electron chi connectivity index (χ0n) is 9.05. The molecule has 0 aliphatic heterocycles. The van der Waals surface area contributed by atoms with Crippen molar-refractivity contribution in [3.05, 3.63) is 12.4 Å². The summed E-state index contributed by atoms with van der Waals surface area (Å²) < 4.78 is 2.44. The molecule has 1 aliphatic rings. The van der Waals surface area contributed by atoms with Gasteiger partial charge in [-0.2, -0.15) is 11.8 Å². The number of aliphatic carboxylic acids is 1. The summed E-state index contributed by atoms with van der Waals surface area (Å²) in [4.78, 5) is 14.7. The fraction of sp³-hybridized carbons (Fsp3) is 0.600. The molecule has 0 unspecified atom stereocenters. The van der Waals surface area contributed by atoms with Crippen molar-refractivity contribution >= 4 is 29.5 Å². The van der Waals surface area contributed by atoms with E-state index in [1.165, 1.54) is 24.6 Å². The minimum atomic E-state index is -0.800. The second-order valence-corrected chi connectivity index (χ2v) is 6.12. The van der Waals surface area contributed by atoms with E-state index in [0.717, 1.165) is 11.7 Å². The molecular weight excluding hydrogens is 244 g/mol. The van der Waals surface area contributed by atoms with Gasteiger partial charge in [0.15, 0.2) is 5.16 Å². The van der Waals surface area contributed by atoms with Crippen molar-refractivity contribution < 1.29 is 9.90 Å². The number of rotatable bonds is 6. The van der Waals surface area contributed by atoms with Crippen molar-refractivity contribution in [2.75, 3.05) is 12.0 Å². The molecule has 1 aromatic heterocycles. The first kappa shape index (κ1) is 11.9. The third kappa shape index (κ3) is 2.74. The molecule has 0 radical (unpaired) electrons. The lowest BCUT2D eigenvalue weighted by molar-refractivity contribution is -0.133. The fourth-order valence-corrected chi connectivity index (χ4v) is 3.02. The van der Waals surface area contributed by atoms with Crippen LogP contribution in [0.25, 0.3) is 0 Å². The Morgan fingerprint density at radius 3 is 3.00 bits per heavy atom. The summed E-state index contributed by atoms with van der Waals surface area (Å²) in [5.74, 6) is -0.728. The van der Waals surface area contributed by atoms with Crippen LogP contribution in [0.2, 0.25) is 0 Å². The molecule has 1 N–H and O–H groups in total. The smallest absolute Gasteiger partial charge is 0.313 e. The number of imidazole rings is 1. The predicted octanol–water partition coefficient (Wildman–Crippen LogP) is 1.96. The molecule has 0 aromatic carbocycles. The van der Waals surface area contributed by atoms with Crippen molar-refractivity contribution in [2.24, 2.45) is 0 Å². The standard InChI is InChI=1S/C10H14N2O2S2/c1-15-10(2-3-10)7-12-5-4-11-9(12)16-6-8(13)14/h4-5H,2-3,6-7H2,1H3,(H,13,14). The zero-order chi connectivity index (χ0) is 11.6. The Morgan fingerprint density at radius 1 is 1.69 bits per heavy atom. The molecule has 88 valence electrons. The quantitative estimate of drug-likeness (QED) is 0.790. The number of nitrogens with zero attached hydrogens (tertiary/aromatic N) is 2. The molecule has 0 bridgehead atoms. The number of carbonyl (C=O) groups is 1. The molecule has 0 atom stereocenters. The molecule has 0 saturated heterocycles. The van der Waals surface area contributed by atoms with Crippen LogP contribution in [0.15, 0.2) is 17.6 Å². The monoisotopic (exact) mass is 258 g/mol. The lowest BCUT2D eigenvalue weighted by atomic mass is 10.4. The highest BCUT2D eigenvalue weighted by atomic mass is 32.2.